The van der Waals surface area contributed by atoms with Crippen LogP contribution in [0.2, 0.25) is 0 Å². The molecule has 7 heteroatoms. The van der Waals surface area contributed by atoms with Crippen molar-refractivity contribution in [3.63, 3.8) is 0 Å². The van der Waals surface area contributed by atoms with E-state index in [0.717, 1.165) is 44.7 Å². The SMILES string of the molecule is Cc1cc2ncc3c(N)c(-c4ccccc4)c(-c4ccc(C5(N)CC(C)(O)C5)cc4)nc3n2n1. The van der Waals surface area contributed by atoms with Gasteiger partial charge in [0.15, 0.2) is 11.3 Å². The van der Waals surface area contributed by atoms with E-state index >= 15 is 0 Å². The van der Waals surface area contributed by atoms with Gasteiger partial charge in [-0.15, -0.1) is 0 Å². The maximum Gasteiger partial charge on any atom is 0.167 e. The quantitative estimate of drug-likeness (QED) is 0.379. The summed E-state index contributed by atoms with van der Waals surface area (Å²) in [4.78, 5) is 9.62. The Labute approximate surface area is 197 Å². The minimum Gasteiger partial charge on any atom is -0.398 e. The van der Waals surface area contributed by atoms with Crippen molar-refractivity contribution < 1.29 is 5.11 Å². The van der Waals surface area contributed by atoms with Crippen molar-refractivity contribution in [2.24, 2.45) is 5.73 Å². The van der Waals surface area contributed by atoms with E-state index in [1.54, 1.807) is 10.7 Å². The Bertz CT molecular complexity index is 1550. The summed E-state index contributed by atoms with van der Waals surface area (Å²) >= 11 is 0. The lowest BCUT2D eigenvalue weighted by Crippen LogP contribution is -2.58. The standard InChI is InChI=1S/C27H26N6O/c1-16-12-21-30-13-20-23(28)22(17-6-4-3-5-7-17)24(31-25(20)33(21)32-16)18-8-10-19(11-9-18)27(29)14-26(2,34)15-27/h3-13,34H,14-15,29H2,1-2H3,(H2,28,31). The first-order valence-corrected chi connectivity index (χ1v) is 11.4. The van der Waals surface area contributed by atoms with Gasteiger partial charge >= 0.3 is 0 Å². The van der Waals surface area contributed by atoms with Crippen LogP contribution < -0.4 is 11.5 Å². The lowest BCUT2D eigenvalue weighted by molar-refractivity contribution is -0.0738. The summed E-state index contributed by atoms with van der Waals surface area (Å²) in [7, 11) is 0. The normalized spacial score (nSPS) is 22.2. The molecule has 3 aromatic heterocycles. The molecule has 7 nitrogen and oxygen atoms in total. The largest absolute Gasteiger partial charge is 0.398 e. The molecule has 6 rings (SSSR count). The van der Waals surface area contributed by atoms with Crippen molar-refractivity contribution >= 4 is 22.4 Å². The number of pyridine rings is 1. The van der Waals surface area contributed by atoms with Crippen molar-refractivity contribution in [2.75, 3.05) is 5.73 Å². The van der Waals surface area contributed by atoms with E-state index in [1.165, 1.54) is 0 Å². The summed E-state index contributed by atoms with van der Waals surface area (Å²) in [5.74, 6) is 0. The van der Waals surface area contributed by atoms with Gasteiger partial charge in [-0.1, -0.05) is 54.6 Å². The highest BCUT2D eigenvalue weighted by Gasteiger charge is 2.49. The molecule has 1 aliphatic carbocycles. The van der Waals surface area contributed by atoms with Gasteiger partial charge in [-0.2, -0.15) is 9.61 Å². The first kappa shape index (κ1) is 20.8. The third-order valence-electron chi connectivity index (χ3n) is 6.78. The number of hydrogen-bond donors (Lipinski definition) is 3. The molecule has 0 amide bonds. The van der Waals surface area contributed by atoms with Crippen LogP contribution in [0.3, 0.4) is 0 Å². The van der Waals surface area contributed by atoms with E-state index in [-0.39, 0.29) is 0 Å². The van der Waals surface area contributed by atoms with Crippen molar-refractivity contribution in [2.45, 2.75) is 37.8 Å². The zero-order valence-electron chi connectivity index (χ0n) is 19.2. The van der Waals surface area contributed by atoms with Gasteiger partial charge in [0.1, 0.15) is 0 Å². The van der Waals surface area contributed by atoms with Gasteiger partial charge in [-0.05, 0) is 37.8 Å². The first-order valence-electron chi connectivity index (χ1n) is 11.4. The predicted molar refractivity (Wildman–Crippen MR) is 134 cm³/mol. The molecule has 0 saturated heterocycles. The predicted octanol–water partition coefficient (Wildman–Crippen LogP) is 4.20. The van der Waals surface area contributed by atoms with Gasteiger partial charge in [-0.3, -0.25) is 0 Å². The summed E-state index contributed by atoms with van der Waals surface area (Å²) in [5, 5.41) is 15.6. The Morgan fingerprint density at radius 2 is 1.71 bits per heavy atom. The molecule has 34 heavy (non-hydrogen) atoms. The summed E-state index contributed by atoms with van der Waals surface area (Å²) in [6.45, 7) is 3.76. The van der Waals surface area contributed by atoms with Crippen LogP contribution in [-0.2, 0) is 5.54 Å². The van der Waals surface area contributed by atoms with Crippen LogP contribution in [0.15, 0.2) is 66.9 Å². The zero-order valence-corrected chi connectivity index (χ0v) is 19.2. The highest BCUT2D eigenvalue weighted by molar-refractivity contribution is 6.02. The Kier molecular flexibility index (Phi) is 4.33. The molecule has 0 spiro atoms. The average Bonchev–Trinajstić information content (AvgIpc) is 3.19. The highest BCUT2D eigenvalue weighted by atomic mass is 16.3. The Morgan fingerprint density at radius 3 is 2.38 bits per heavy atom. The number of aliphatic hydroxyl groups is 1. The van der Waals surface area contributed by atoms with Gasteiger partial charge in [0.05, 0.1) is 28.1 Å². The maximum absolute atomic E-state index is 10.2. The number of nitrogens with zero attached hydrogens (tertiary/aromatic N) is 4. The van der Waals surface area contributed by atoms with E-state index < -0.39 is 11.1 Å². The summed E-state index contributed by atoms with van der Waals surface area (Å²) < 4.78 is 1.75. The second-order valence-electron chi connectivity index (χ2n) is 9.75. The van der Waals surface area contributed by atoms with E-state index in [4.69, 9.17) is 16.5 Å². The molecule has 170 valence electrons. The van der Waals surface area contributed by atoms with Crippen LogP contribution in [-0.4, -0.2) is 30.3 Å². The molecule has 0 bridgehead atoms. The molecule has 0 aliphatic heterocycles. The summed E-state index contributed by atoms with van der Waals surface area (Å²) in [6, 6.07) is 20.1. The lowest BCUT2D eigenvalue weighted by Gasteiger charge is -2.49. The van der Waals surface area contributed by atoms with E-state index in [2.05, 4.69) is 10.1 Å². The number of benzene rings is 2. The van der Waals surface area contributed by atoms with E-state index in [1.807, 2.05) is 74.5 Å². The minimum absolute atomic E-state index is 0.509. The lowest BCUT2D eigenvalue weighted by atomic mass is 9.63. The van der Waals surface area contributed by atoms with E-state index in [0.29, 0.717) is 24.2 Å². The molecule has 5 aromatic rings. The zero-order chi connectivity index (χ0) is 23.7. The molecule has 3 heterocycles. The number of anilines is 1. The number of hydrogen-bond acceptors (Lipinski definition) is 6. The molecule has 0 radical (unpaired) electrons. The van der Waals surface area contributed by atoms with Crippen LogP contribution >= 0.6 is 0 Å². The Balaban J connectivity index is 1.57. The molecule has 1 saturated carbocycles. The van der Waals surface area contributed by atoms with Crippen LogP contribution in [0.25, 0.3) is 39.1 Å². The Hall–Kier alpha value is -3.81. The van der Waals surface area contributed by atoms with Crippen LogP contribution in [0, 0.1) is 6.92 Å². The van der Waals surface area contributed by atoms with Crippen molar-refractivity contribution in [1.82, 2.24) is 19.6 Å². The van der Waals surface area contributed by atoms with Gasteiger partial charge in [0.25, 0.3) is 0 Å². The fourth-order valence-electron chi connectivity index (χ4n) is 5.34. The molecule has 1 aliphatic rings. The third kappa shape index (κ3) is 3.16. The molecule has 0 unspecified atom stereocenters. The third-order valence-corrected chi connectivity index (χ3v) is 6.78. The summed E-state index contributed by atoms with van der Waals surface area (Å²) in [6.07, 6.45) is 2.85. The number of fused-ring (bicyclic) bond motifs is 3. The van der Waals surface area contributed by atoms with Gasteiger partial charge in [0.2, 0.25) is 0 Å². The summed E-state index contributed by atoms with van der Waals surface area (Å²) in [5.41, 5.74) is 19.5. The second-order valence-corrected chi connectivity index (χ2v) is 9.75. The number of aryl methyl sites for hydroxylation is 1. The van der Waals surface area contributed by atoms with Crippen molar-refractivity contribution in [3.05, 3.63) is 78.1 Å². The van der Waals surface area contributed by atoms with Crippen molar-refractivity contribution in [3.8, 4) is 22.4 Å². The number of rotatable bonds is 3. The fraction of sp³-hybridized carbons (Fsp3) is 0.222. The fourth-order valence-corrected chi connectivity index (χ4v) is 5.34. The molecule has 0 atom stereocenters. The Morgan fingerprint density at radius 1 is 1.00 bits per heavy atom. The average molecular weight is 451 g/mol. The van der Waals surface area contributed by atoms with Crippen LogP contribution in [0.4, 0.5) is 5.69 Å². The number of nitrogen functional groups attached to an aromatic ring is 1. The smallest absolute Gasteiger partial charge is 0.167 e. The van der Waals surface area contributed by atoms with E-state index in [9.17, 15) is 5.11 Å². The molecule has 5 N–H and O–H groups in total. The van der Waals surface area contributed by atoms with Crippen molar-refractivity contribution in [1.29, 1.82) is 0 Å². The highest BCUT2D eigenvalue weighted by Crippen LogP contribution is 2.47. The van der Waals surface area contributed by atoms with Gasteiger partial charge < -0.3 is 16.6 Å². The van der Waals surface area contributed by atoms with Crippen LogP contribution in [0.5, 0.6) is 0 Å². The monoisotopic (exact) mass is 450 g/mol. The maximum atomic E-state index is 10.2. The topological polar surface area (TPSA) is 115 Å². The van der Waals surface area contributed by atoms with Gasteiger partial charge in [0, 0.05) is 28.9 Å². The number of nitrogens with two attached hydrogens (primary N) is 2. The molecular weight excluding hydrogens is 424 g/mol. The molecule has 2 aromatic carbocycles. The second kappa shape index (κ2) is 7.09. The van der Waals surface area contributed by atoms with Crippen LogP contribution in [0.1, 0.15) is 31.0 Å². The first-order chi connectivity index (χ1) is 16.2. The van der Waals surface area contributed by atoms with Gasteiger partial charge in [-0.25, -0.2) is 9.97 Å². The number of aromatic nitrogens is 4. The molecule has 1 fully saturated rings. The molecular formula is C27H26N6O. The minimum atomic E-state index is -0.705.